The second kappa shape index (κ2) is 8.36. The molecule has 2 aromatic carbocycles. The van der Waals surface area contributed by atoms with E-state index in [0.29, 0.717) is 29.6 Å². The van der Waals surface area contributed by atoms with E-state index in [4.69, 9.17) is 11.6 Å². The summed E-state index contributed by atoms with van der Waals surface area (Å²) in [5.74, 6) is 0.405. The summed E-state index contributed by atoms with van der Waals surface area (Å²) in [7, 11) is 0. The first kappa shape index (κ1) is 19.0. The monoisotopic (exact) mass is 396 g/mol. The number of carbonyl (C=O) groups is 2. The summed E-state index contributed by atoms with van der Waals surface area (Å²) in [5, 5.41) is 3.89. The summed E-state index contributed by atoms with van der Waals surface area (Å²) in [6.45, 7) is 1.16. The highest BCUT2D eigenvalue weighted by atomic mass is 35.5. The Balaban J connectivity index is 1.41. The molecule has 4 rings (SSSR count). The lowest BCUT2D eigenvalue weighted by atomic mass is 9.94. The normalized spacial score (nSPS) is 20.5. The lowest BCUT2D eigenvalue weighted by Gasteiger charge is -2.33. The van der Waals surface area contributed by atoms with E-state index in [1.807, 2.05) is 18.2 Å². The number of carbonyl (C=O) groups excluding carboxylic acids is 2. The van der Waals surface area contributed by atoms with Crippen molar-refractivity contribution in [3.05, 3.63) is 70.7 Å². The first-order chi connectivity index (χ1) is 13.6. The van der Waals surface area contributed by atoms with Gasteiger partial charge in [-0.25, -0.2) is 0 Å². The second-order valence-corrected chi connectivity index (χ2v) is 8.27. The van der Waals surface area contributed by atoms with E-state index in [1.165, 1.54) is 5.56 Å². The largest absolute Gasteiger partial charge is 0.349 e. The van der Waals surface area contributed by atoms with E-state index in [0.717, 1.165) is 25.7 Å². The number of rotatable bonds is 5. The number of likely N-dealkylation sites (tertiary alicyclic amines) is 1. The first-order valence-corrected chi connectivity index (χ1v) is 10.4. The highest BCUT2D eigenvalue weighted by Gasteiger charge is 2.36. The van der Waals surface area contributed by atoms with Gasteiger partial charge in [0.05, 0.1) is 12.0 Å². The molecule has 1 aliphatic carbocycles. The van der Waals surface area contributed by atoms with Crippen LogP contribution in [0.2, 0.25) is 5.02 Å². The maximum Gasteiger partial charge on any atom is 0.253 e. The van der Waals surface area contributed by atoms with Gasteiger partial charge >= 0.3 is 0 Å². The Morgan fingerprint density at radius 1 is 1.00 bits per heavy atom. The SMILES string of the molecule is O=C(NC(c1ccccc1)C1CC1)C1CCCN(C(=O)c2ccc(Cl)cc2)C1. The zero-order valence-electron chi connectivity index (χ0n) is 15.8. The van der Waals surface area contributed by atoms with Gasteiger partial charge in [-0.05, 0) is 61.4 Å². The van der Waals surface area contributed by atoms with Crippen molar-refractivity contribution in [2.45, 2.75) is 31.7 Å². The van der Waals surface area contributed by atoms with Gasteiger partial charge in [0.1, 0.15) is 0 Å². The molecule has 2 unspecified atom stereocenters. The van der Waals surface area contributed by atoms with Crippen LogP contribution in [0.5, 0.6) is 0 Å². The van der Waals surface area contributed by atoms with Crippen LogP contribution >= 0.6 is 11.6 Å². The van der Waals surface area contributed by atoms with Crippen molar-refractivity contribution in [2.24, 2.45) is 11.8 Å². The third kappa shape index (κ3) is 4.39. The predicted octanol–water partition coefficient (Wildman–Crippen LogP) is 4.46. The molecular weight excluding hydrogens is 372 g/mol. The standard InChI is InChI=1S/C23H25ClN2O2/c24-20-12-10-18(11-13-20)23(28)26-14-4-7-19(15-26)22(27)25-21(17-8-9-17)16-5-2-1-3-6-16/h1-3,5-6,10-13,17,19,21H,4,7-9,14-15H2,(H,25,27). The van der Waals surface area contributed by atoms with Crippen molar-refractivity contribution in [3.63, 3.8) is 0 Å². The molecule has 1 heterocycles. The molecule has 4 nitrogen and oxygen atoms in total. The van der Waals surface area contributed by atoms with Gasteiger partial charge in [-0.2, -0.15) is 0 Å². The topological polar surface area (TPSA) is 49.4 Å². The fourth-order valence-electron chi connectivity index (χ4n) is 3.99. The highest BCUT2D eigenvalue weighted by molar-refractivity contribution is 6.30. The number of halogens is 1. The van der Waals surface area contributed by atoms with Crippen LogP contribution < -0.4 is 5.32 Å². The number of amides is 2. The van der Waals surface area contributed by atoms with E-state index in [-0.39, 0.29) is 23.8 Å². The average Bonchev–Trinajstić information content (AvgIpc) is 3.58. The van der Waals surface area contributed by atoms with Crippen LogP contribution in [-0.2, 0) is 4.79 Å². The molecule has 2 atom stereocenters. The fraction of sp³-hybridized carbons (Fsp3) is 0.391. The molecule has 0 radical (unpaired) electrons. The van der Waals surface area contributed by atoms with E-state index in [9.17, 15) is 9.59 Å². The molecule has 2 aromatic rings. The molecular formula is C23H25ClN2O2. The van der Waals surface area contributed by atoms with Crippen molar-refractivity contribution in [1.29, 1.82) is 0 Å². The van der Waals surface area contributed by atoms with E-state index >= 15 is 0 Å². The minimum Gasteiger partial charge on any atom is -0.349 e. The van der Waals surface area contributed by atoms with Crippen LogP contribution in [0.15, 0.2) is 54.6 Å². The number of hydrogen-bond donors (Lipinski definition) is 1. The number of benzene rings is 2. The van der Waals surface area contributed by atoms with E-state index < -0.39 is 0 Å². The van der Waals surface area contributed by atoms with Crippen LogP contribution in [-0.4, -0.2) is 29.8 Å². The fourth-order valence-corrected chi connectivity index (χ4v) is 4.11. The summed E-state index contributed by atoms with van der Waals surface area (Å²) >= 11 is 5.92. The van der Waals surface area contributed by atoms with Crippen LogP contribution in [0.3, 0.4) is 0 Å². The van der Waals surface area contributed by atoms with Gasteiger partial charge in [-0.15, -0.1) is 0 Å². The molecule has 2 aliphatic rings. The van der Waals surface area contributed by atoms with Crippen LogP contribution in [0.4, 0.5) is 0 Å². The Morgan fingerprint density at radius 3 is 2.39 bits per heavy atom. The first-order valence-electron chi connectivity index (χ1n) is 10.0. The Bertz CT molecular complexity index is 833. The van der Waals surface area contributed by atoms with Crippen molar-refractivity contribution in [2.75, 3.05) is 13.1 Å². The molecule has 1 aliphatic heterocycles. The summed E-state index contributed by atoms with van der Waals surface area (Å²) in [5.41, 5.74) is 1.79. The van der Waals surface area contributed by atoms with Gasteiger partial charge in [0.15, 0.2) is 0 Å². The average molecular weight is 397 g/mol. The number of nitrogens with one attached hydrogen (secondary N) is 1. The third-order valence-corrected chi connectivity index (χ3v) is 5.97. The Labute approximate surface area is 170 Å². The minimum absolute atomic E-state index is 0.0315. The highest BCUT2D eigenvalue weighted by Crippen LogP contribution is 2.41. The Hall–Kier alpha value is -2.33. The van der Waals surface area contributed by atoms with Gasteiger partial charge in [0, 0.05) is 23.7 Å². The zero-order valence-corrected chi connectivity index (χ0v) is 16.6. The quantitative estimate of drug-likeness (QED) is 0.811. The molecule has 1 saturated carbocycles. The van der Waals surface area contributed by atoms with Crippen molar-refractivity contribution < 1.29 is 9.59 Å². The van der Waals surface area contributed by atoms with Gasteiger partial charge in [0.25, 0.3) is 5.91 Å². The summed E-state index contributed by atoms with van der Waals surface area (Å²) < 4.78 is 0. The van der Waals surface area contributed by atoms with Gasteiger partial charge in [0.2, 0.25) is 5.91 Å². The molecule has 1 saturated heterocycles. The van der Waals surface area contributed by atoms with Gasteiger partial charge < -0.3 is 10.2 Å². The summed E-state index contributed by atoms with van der Waals surface area (Å²) in [6.07, 6.45) is 3.98. The maximum absolute atomic E-state index is 13.0. The van der Waals surface area contributed by atoms with Gasteiger partial charge in [-0.1, -0.05) is 41.9 Å². The molecule has 2 amide bonds. The summed E-state index contributed by atoms with van der Waals surface area (Å²) in [6, 6.07) is 17.2. The van der Waals surface area contributed by atoms with Crippen molar-refractivity contribution >= 4 is 23.4 Å². The molecule has 5 heteroatoms. The number of hydrogen-bond acceptors (Lipinski definition) is 2. The molecule has 146 valence electrons. The molecule has 28 heavy (non-hydrogen) atoms. The molecule has 1 N–H and O–H groups in total. The van der Waals surface area contributed by atoms with Crippen molar-refractivity contribution in [3.8, 4) is 0 Å². The minimum atomic E-state index is -0.157. The number of nitrogens with zero attached hydrogens (tertiary/aromatic N) is 1. The van der Waals surface area contributed by atoms with Gasteiger partial charge in [-0.3, -0.25) is 9.59 Å². The lowest BCUT2D eigenvalue weighted by Crippen LogP contribution is -2.46. The lowest BCUT2D eigenvalue weighted by molar-refractivity contribution is -0.127. The van der Waals surface area contributed by atoms with Crippen LogP contribution in [0, 0.1) is 11.8 Å². The molecule has 0 aromatic heterocycles. The molecule has 0 spiro atoms. The smallest absolute Gasteiger partial charge is 0.253 e. The Morgan fingerprint density at radius 2 is 1.71 bits per heavy atom. The number of piperidine rings is 1. The van der Waals surface area contributed by atoms with Crippen molar-refractivity contribution in [1.82, 2.24) is 10.2 Å². The molecule has 2 fully saturated rings. The second-order valence-electron chi connectivity index (χ2n) is 7.83. The Kier molecular flexibility index (Phi) is 5.67. The predicted molar refractivity (Wildman–Crippen MR) is 110 cm³/mol. The van der Waals surface area contributed by atoms with E-state index in [2.05, 4.69) is 17.4 Å². The maximum atomic E-state index is 13.0. The third-order valence-electron chi connectivity index (χ3n) is 5.72. The molecule has 0 bridgehead atoms. The van der Waals surface area contributed by atoms with E-state index in [1.54, 1.807) is 29.2 Å². The van der Waals surface area contributed by atoms with Crippen LogP contribution in [0.25, 0.3) is 0 Å². The zero-order chi connectivity index (χ0) is 19.5. The summed E-state index contributed by atoms with van der Waals surface area (Å²) in [4.78, 5) is 27.6. The van der Waals surface area contributed by atoms with Crippen LogP contribution in [0.1, 0.15) is 47.6 Å².